The van der Waals surface area contributed by atoms with Crippen molar-refractivity contribution >= 4 is 24.4 Å². The Kier molecular flexibility index (Phi) is 5.70. The molecule has 1 aliphatic rings. The first-order chi connectivity index (χ1) is 9.15. The summed E-state index contributed by atoms with van der Waals surface area (Å²) in [6.45, 7) is 4.41. The van der Waals surface area contributed by atoms with Crippen LogP contribution in [0.4, 0.5) is 0 Å². The molecule has 0 N–H and O–H groups in total. The monoisotopic (exact) mass is 294 g/mol. The summed E-state index contributed by atoms with van der Waals surface area (Å²) in [5, 5.41) is 0. The molecule has 0 atom stereocenters. The number of thioether (sulfide) groups is 1. The van der Waals surface area contributed by atoms with Gasteiger partial charge in [0.05, 0.1) is 0 Å². The SMILES string of the molecule is Cc1ccc(C)c(SCC2(CS)CCCCCC2)c1. The number of hydrogen-bond donors (Lipinski definition) is 1. The van der Waals surface area contributed by atoms with Gasteiger partial charge in [0.2, 0.25) is 0 Å². The highest BCUT2D eigenvalue weighted by Crippen LogP contribution is 2.41. The van der Waals surface area contributed by atoms with Gasteiger partial charge in [-0.2, -0.15) is 12.6 Å². The van der Waals surface area contributed by atoms with E-state index < -0.39 is 0 Å². The van der Waals surface area contributed by atoms with Crippen molar-refractivity contribution in [1.29, 1.82) is 0 Å². The smallest absolute Gasteiger partial charge is 0.0104 e. The molecule has 1 saturated carbocycles. The Morgan fingerprint density at radius 3 is 2.42 bits per heavy atom. The van der Waals surface area contributed by atoms with Gasteiger partial charge in [0.25, 0.3) is 0 Å². The maximum absolute atomic E-state index is 4.68. The fraction of sp³-hybridized carbons (Fsp3) is 0.647. The largest absolute Gasteiger partial charge is 0.179 e. The molecule has 1 aliphatic carbocycles. The minimum atomic E-state index is 0.473. The van der Waals surface area contributed by atoms with Crippen LogP contribution < -0.4 is 0 Å². The third-order valence-corrected chi connectivity index (χ3v) is 6.56. The van der Waals surface area contributed by atoms with Crippen molar-refractivity contribution in [3.8, 4) is 0 Å². The quantitative estimate of drug-likeness (QED) is 0.424. The first-order valence-electron chi connectivity index (χ1n) is 7.46. The van der Waals surface area contributed by atoms with Crippen LogP contribution in [0.15, 0.2) is 23.1 Å². The molecule has 0 spiro atoms. The lowest BCUT2D eigenvalue weighted by Gasteiger charge is -2.31. The first-order valence-corrected chi connectivity index (χ1v) is 9.08. The molecular formula is C17H26S2. The van der Waals surface area contributed by atoms with Crippen LogP contribution in [0, 0.1) is 19.3 Å². The van der Waals surface area contributed by atoms with Crippen LogP contribution in [0.1, 0.15) is 49.7 Å². The summed E-state index contributed by atoms with van der Waals surface area (Å²) in [6.07, 6.45) is 8.37. The lowest BCUT2D eigenvalue weighted by atomic mass is 9.84. The number of aryl methyl sites for hydroxylation is 2. The number of rotatable bonds is 4. The Labute approximate surface area is 128 Å². The van der Waals surface area contributed by atoms with E-state index in [1.807, 2.05) is 0 Å². The standard InChI is InChI=1S/C17H26S2/c1-14-7-8-15(2)16(11-14)19-13-17(12-18)9-5-3-4-6-10-17/h7-8,11,18H,3-6,9-10,12-13H2,1-2H3. The van der Waals surface area contributed by atoms with Gasteiger partial charge in [0.15, 0.2) is 0 Å². The van der Waals surface area contributed by atoms with E-state index in [-0.39, 0.29) is 0 Å². The van der Waals surface area contributed by atoms with Crippen LogP contribution in [-0.2, 0) is 0 Å². The molecule has 1 aromatic rings. The van der Waals surface area contributed by atoms with Crippen LogP contribution in [0.5, 0.6) is 0 Å². The zero-order valence-electron chi connectivity index (χ0n) is 12.2. The van der Waals surface area contributed by atoms with Crippen molar-refractivity contribution < 1.29 is 0 Å². The second-order valence-electron chi connectivity index (χ2n) is 6.13. The van der Waals surface area contributed by atoms with E-state index in [1.165, 1.54) is 60.3 Å². The van der Waals surface area contributed by atoms with E-state index >= 15 is 0 Å². The summed E-state index contributed by atoms with van der Waals surface area (Å²) in [4.78, 5) is 1.46. The molecule has 1 aromatic carbocycles. The van der Waals surface area contributed by atoms with Gasteiger partial charge in [-0.05, 0) is 49.5 Å². The fourth-order valence-corrected chi connectivity index (χ4v) is 4.92. The molecule has 1 fully saturated rings. The predicted molar refractivity (Wildman–Crippen MR) is 90.6 cm³/mol. The molecule has 0 bridgehead atoms. The number of hydrogen-bond acceptors (Lipinski definition) is 2. The molecule has 2 heteroatoms. The van der Waals surface area contributed by atoms with Gasteiger partial charge >= 0.3 is 0 Å². The molecule has 0 amide bonds. The van der Waals surface area contributed by atoms with E-state index in [9.17, 15) is 0 Å². The van der Waals surface area contributed by atoms with Crippen molar-refractivity contribution in [3.63, 3.8) is 0 Å². The molecule has 0 aromatic heterocycles. The summed E-state index contributed by atoms with van der Waals surface area (Å²) in [5.74, 6) is 2.28. The minimum absolute atomic E-state index is 0.473. The Morgan fingerprint density at radius 2 is 1.79 bits per heavy atom. The van der Waals surface area contributed by atoms with Crippen molar-refractivity contribution in [3.05, 3.63) is 29.3 Å². The second kappa shape index (κ2) is 7.08. The third kappa shape index (κ3) is 4.19. The Hall–Kier alpha value is -0.0800. The average molecular weight is 295 g/mol. The Bertz CT molecular complexity index is 404. The maximum Gasteiger partial charge on any atom is 0.0104 e. The summed E-state index contributed by atoms with van der Waals surface area (Å²) >= 11 is 6.73. The van der Waals surface area contributed by atoms with Crippen molar-refractivity contribution in [1.82, 2.24) is 0 Å². The van der Waals surface area contributed by atoms with Gasteiger partial charge in [-0.15, -0.1) is 11.8 Å². The molecule has 2 rings (SSSR count). The van der Waals surface area contributed by atoms with Gasteiger partial charge in [-0.3, -0.25) is 0 Å². The van der Waals surface area contributed by atoms with Crippen molar-refractivity contribution in [2.24, 2.45) is 5.41 Å². The highest BCUT2D eigenvalue weighted by atomic mass is 32.2. The highest BCUT2D eigenvalue weighted by molar-refractivity contribution is 7.99. The summed E-state index contributed by atoms with van der Waals surface area (Å²) in [6, 6.07) is 6.79. The second-order valence-corrected chi connectivity index (χ2v) is 7.46. The third-order valence-electron chi connectivity index (χ3n) is 4.38. The molecule has 0 unspecified atom stereocenters. The summed E-state index contributed by atoms with van der Waals surface area (Å²) < 4.78 is 0. The maximum atomic E-state index is 4.68. The highest BCUT2D eigenvalue weighted by Gasteiger charge is 2.29. The van der Waals surface area contributed by atoms with Crippen molar-refractivity contribution in [2.45, 2.75) is 57.3 Å². The van der Waals surface area contributed by atoms with Gasteiger partial charge in [0, 0.05) is 10.6 Å². The number of benzene rings is 1. The zero-order valence-corrected chi connectivity index (χ0v) is 14.0. The normalized spacial score (nSPS) is 19.1. The van der Waals surface area contributed by atoms with Gasteiger partial charge in [-0.1, -0.05) is 43.4 Å². The lowest BCUT2D eigenvalue weighted by Crippen LogP contribution is -2.25. The van der Waals surface area contributed by atoms with E-state index in [0.717, 1.165) is 5.75 Å². The molecule has 0 nitrogen and oxygen atoms in total. The van der Waals surface area contributed by atoms with E-state index in [1.54, 1.807) is 0 Å². The van der Waals surface area contributed by atoms with Crippen molar-refractivity contribution in [2.75, 3.05) is 11.5 Å². The van der Waals surface area contributed by atoms with Gasteiger partial charge in [0.1, 0.15) is 0 Å². The fourth-order valence-electron chi connectivity index (χ4n) is 2.92. The van der Waals surface area contributed by atoms with Crippen LogP contribution in [0.3, 0.4) is 0 Å². The zero-order chi connectivity index (χ0) is 13.7. The molecular weight excluding hydrogens is 268 g/mol. The molecule has 0 saturated heterocycles. The van der Waals surface area contributed by atoms with E-state index in [4.69, 9.17) is 0 Å². The van der Waals surface area contributed by atoms with Crippen LogP contribution >= 0.6 is 24.4 Å². The number of thiol groups is 1. The van der Waals surface area contributed by atoms with E-state index in [0.29, 0.717) is 5.41 Å². The van der Waals surface area contributed by atoms with E-state index in [2.05, 4.69) is 56.4 Å². The topological polar surface area (TPSA) is 0 Å². The molecule has 0 heterocycles. The van der Waals surface area contributed by atoms with Gasteiger partial charge in [-0.25, -0.2) is 0 Å². The average Bonchev–Trinajstić information content (AvgIpc) is 2.66. The van der Waals surface area contributed by atoms with Crippen LogP contribution in [-0.4, -0.2) is 11.5 Å². The molecule has 0 radical (unpaired) electrons. The predicted octanol–water partition coefficient (Wildman–Crippen LogP) is 5.67. The van der Waals surface area contributed by atoms with Crippen LogP contribution in [0.25, 0.3) is 0 Å². The van der Waals surface area contributed by atoms with Crippen LogP contribution in [0.2, 0.25) is 0 Å². The molecule has 0 aliphatic heterocycles. The Morgan fingerprint density at radius 1 is 1.11 bits per heavy atom. The minimum Gasteiger partial charge on any atom is -0.179 e. The summed E-state index contributed by atoms with van der Waals surface area (Å²) in [5.41, 5.74) is 3.26. The first kappa shape index (κ1) is 15.3. The van der Waals surface area contributed by atoms with Gasteiger partial charge < -0.3 is 0 Å². The molecule has 19 heavy (non-hydrogen) atoms. The summed E-state index contributed by atoms with van der Waals surface area (Å²) in [7, 11) is 0. The lowest BCUT2D eigenvalue weighted by molar-refractivity contribution is 0.332. The Balaban J connectivity index is 2.04. The molecule has 106 valence electrons.